The van der Waals surface area contributed by atoms with Crippen LogP contribution < -0.4 is 0 Å². The van der Waals surface area contributed by atoms with E-state index >= 15 is 0 Å². The number of nitrogens with zero attached hydrogens (tertiary/aromatic N) is 4. The van der Waals surface area contributed by atoms with Gasteiger partial charge in [0.2, 0.25) is 0 Å². The SMILES string of the molecule is Cc1cc(C(=O)N2CCOC[C@H]2c2ccn[nH]2)c2c(C)noc2n1. The quantitative estimate of drug-likeness (QED) is 0.770. The first-order valence-corrected chi connectivity index (χ1v) is 7.77. The third-order valence-corrected chi connectivity index (χ3v) is 4.25. The Morgan fingerprint density at radius 1 is 1.42 bits per heavy atom. The summed E-state index contributed by atoms with van der Waals surface area (Å²) in [5, 5.41) is 11.5. The van der Waals surface area contributed by atoms with Crippen LogP contribution in [0.1, 0.15) is 33.5 Å². The van der Waals surface area contributed by atoms with Crippen molar-refractivity contribution < 1.29 is 14.1 Å². The number of morpholine rings is 1. The molecule has 4 rings (SSSR count). The molecule has 24 heavy (non-hydrogen) atoms. The summed E-state index contributed by atoms with van der Waals surface area (Å²) in [7, 11) is 0. The van der Waals surface area contributed by atoms with Gasteiger partial charge in [-0.25, -0.2) is 4.98 Å². The number of pyridine rings is 1. The molecule has 0 saturated carbocycles. The molecule has 0 aliphatic carbocycles. The van der Waals surface area contributed by atoms with Gasteiger partial charge in [-0.05, 0) is 26.0 Å². The molecule has 124 valence electrons. The smallest absolute Gasteiger partial charge is 0.258 e. The highest BCUT2D eigenvalue weighted by Gasteiger charge is 2.32. The first kappa shape index (κ1) is 14.8. The Kier molecular flexibility index (Phi) is 3.53. The Hall–Kier alpha value is -2.74. The molecule has 3 aromatic heterocycles. The number of H-pyrrole nitrogens is 1. The maximum Gasteiger partial charge on any atom is 0.258 e. The minimum Gasteiger partial charge on any atom is -0.377 e. The van der Waals surface area contributed by atoms with Crippen LogP contribution in [-0.4, -0.2) is 50.9 Å². The number of aryl methyl sites for hydroxylation is 2. The molecule has 3 aromatic rings. The summed E-state index contributed by atoms with van der Waals surface area (Å²) >= 11 is 0. The topological polar surface area (TPSA) is 97.1 Å². The lowest BCUT2D eigenvalue weighted by molar-refractivity contribution is -0.00381. The van der Waals surface area contributed by atoms with Crippen molar-refractivity contribution in [3.8, 4) is 0 Å². The molecule has 1 N–H and O–H groups in total. The Labute approximate surface area is 137 Å². The van der Waals surface area contributed by atoms with Crippen LogP contribution in [0.4, 0.5) is 0 Å². The fraction of sp³-hybridized carbons (Fsp3) is 0.375. The van der Waals surface area contributed by atoms with Gasteiger partial charge in [-0.2, -0.15) is 5.10 Å². The first-order chi connectivity index (χ1) is 11.6. The van der Waals surface area contributed by atoms with Crippen molar-refractivity contribution in [3.63, 3.8) is 0 Å². The minimum absolute atomic E-state index is 0.0836. The van der Waals surface area contributed by atoms with E-state index in [0.717, 1.165) is 5.69 Å². The molecule has 1 amide bonds. The van der Waals surface area contributed by atoms with E-state index in [-0.39, 0.29) is 11.9 Å². The number of rotatable bonds is 2. The van der Waals surface area contributed by atoms with E-state index in [0.29, 0.717) is 47.8 Å². The molecule has 0 aromatic carbocycles. The Balaban J connectivity index is 1.78. The average molecular weight is 327 g/mol. The molecule has 1 atom stereocenters. The highest BCUT2D eigenvalue weighted by molar-refractivity contribution is 6.06. The molecule has 0 spiro atoms. The number of hydrogen-bond donors (Lipinski definition) is 1. The zero-order valence-corrected chi connectivity index (χ0v) is 13.4. The maximum atomic E-state index is 13.3. The standard InChI is InChI=1S/C16H17N5O3/c1-9-7-11(14-10(2)20-24-15(14)18-9)16(22)21-5-6-23-8-13(21)12-3-4-17-19-12/h3-4,7,13H,5-6,8H2,1-2H3,(H,17,19)/t13-/m0/s1. The summed E-state index contributed by atoms with van der Waals surface area (Å²) in [5.41, 5.74) is 3.18. The summed E-state index contributed by atoms with van der Waals surface area (Å²) < 4.78 is 10.8. The van der Waals surface area contributed by atoms with E-state index in [2.05, 4.69) is 20.3 Å². The van der Waals surface area contributed by atoms with Gasteiger partial charge in [0, 0.05) is 18.4 Å². The van der Waals surface area contributed by atoms with Crippen molar-refractivity contribution in [2.45, 2.75) is 19.9 Å². The predicted octanol–water partition coefficient (Wildman–Crippen LogP) is 1.78. The summed E-state index contributed by atoms with van der Waals surface area (Å²) in [4.78, 5) is 19.4. The number of hydrogen-bond acceptors (Lipinski definition) is 6. The molecule has 0 unspecified atom stereocenters. The van der Waals surface area contributed by atoms with Crippen molar-refractivity contribution >= 4 is 17.0 Å². The van der Waals surface area contributed by atoms with E-state index in [1.807, 2.05) is 19.9 Å². The van der Waals surface area contributed by atoms with Crippen molar-refractivity contribution in [3.05, 3.63) is 41.0 Å². The fourth-order valence-electron chi connectivity index (χ4n) is 3.10. The number of fused-ring (bicyclic) bond motifs is 1. The molecule has 0 bridgehead atoms. The maximum absolute atomic E-state index is 13.3. The highest BCUT2D eigenvalue weighted by atomic mass is 16.5. The molecule has 0 radical (unpaired) electrons. The molecular formula is C16H17N5O3. The molecule has 1 aliphatic rings. The second-order valence-corrected chi connectivity index (χ2v) is 5.86. The van der Waals surface area contributed by atoms with Crippen molar-refractivity contribution in [1.82, 2.24) is 25.2 Å². The Morgan fingerprint density at radius 3 is 3.08 bits per heavy atom. The van der Waals surface area contributed by atoms with Gasteiger partial charge in [-0.15, -0.1) is 0 Å². The first-order valence-electron chi connectivity index (χ1n) is 7.77. The van der Waals surface area contributed by atoms with E-state index in [9.17, 15) is 4.79 Å². The third-order valence-electron chi connectivity index (χ3n) is 4.25. The van der Waals surface area contributed by atoms with Gasteiger partial charge in [0.25, 0.3) is 11.6 Å². The lowest BCUT2D eigenvalue weighted by Crippen LogP contribution is -2.43. The number of ether oxygens (including phenoxy) is 1. The fourth-order valence-corrected chi connectivity index (χ4v) is 3.10. The molecule has 8 nitrogen and oxygen atoms in total. The Bertz CT molecular complexity index is 887. The molecule has 4 heterocycles. The van der Waals surface area contributed by atoms with Gasteiger partial charge < -0.3 is 14.2 Å². The largest absolute Gasteiger partial charge is 0.377 e. The zero-order valence-electron chi connectivity index (χ0n) is 13.4. The van der Waals surface area contributed by atoms with E-state index in [1.165, 1.54) is 0 Å². The van der Waals surface area contributed by atoms with Gasteiger partial charge in [-0.3, -0.25) is 9.89 Å². The normalized spacial score (nSPS) is 18.2. The number of carbonyl (C=O) groups excluding carboxylic acids is 1. The number of carbonyl (C=O) groups is 1. The Morgan fingerprint density at radius 2 is 2.29 bits per heavy atom. The van der Waals surface area contributed by atoms with E-state index in [4.69, 9.17) is 9.26 Å². The van der Waals surface area contributed by atoms with Crippen molar-refractivity contribution in [1.29, 1.82) is 0 Å². The molecule has 1 fully saturated rings. The molecular weight excluding hydrogens is 310 g/mol. The summed E-state index contributed by atoms with van der Waals surface area (Å²) in [6.07, 6.45) is 1.67. The molecule has 8 heteroatoms. The van der Waals surface area contributed by atoms with Gasteiger partial charge in [0.15, 0.2) is 0 Å². The van der Waals surface area contributed by atoms with Crippen LogP contribution in [-0.2, 0) is 4.74 Å². The number of aromatic amines is 1. The zero-order chi connectivity index (χ0) is 16.7. The van der Waals surface area contributed by atoms with Crippen molar-refractivity contribution in [2.75, 3.05) is 19.8 Å². The second-order valence-electron chi connectivity index (χ2n) is 5.86. The summed E-state index contributed by atoms with van der Waals surface area (Å²) in [5.74, 6) is -0.0836. The van der Waals surface area contributed by atoms with Crippen LogP contribution >= 0.6 is 0 Å². The highest BCUT2D eigenvalue weighted by Crippen LogP contribution is 2.28. The summed E-state index contributed by atoms with van der Waals surface area (Å²) in [6.45, 7) is 5.09. The van der Waals surface area contributed by atoms with E-state index in [1.54, 1.807) is 17.2 Å². The lowest BCUT2D eigenvalue weighted by Gasteiger charge is -2.35. The number of amides is 1. The molecule has 1 aliphatic heterocycles. The van der Waals surface area contributed by atoms with Crippen LogP contribution in [0.15, 0.2) is 22.9 Å². The van der Waals surface area contributed by atoms with E-state index < -0.39 is 0 Å². The van der Waals surface area contributed by atoms with Crippen LogP contribution in [0.25, 0.3) is 11.1 Å². The van der Waals surface area contributed by atoms with Gasteiger partial charge in [-0.1, -0.05) is 5.16 Å². The van der Waals surface area contributed by atoms with Gasteiger partial charge in [0.1, 0.15) is 0 Å². The second kappa shape index (κ2) is 5.72. The number of nitrogens with one attached hydrogen (secondary N) is 1. The predicted molar refractivity (Wildman–Crippen MR) is 84.5 cm³/mol. The van der Waals surface area contributed by atoms with Crippen LogP contribution in [0.3, 0.4) is 0 Å². The van der Waals surface area contributed by atoms with Gasteiger partial charge in [0.05, 0.1) is 41.6 Å². The van der Waals surface area contributed by atoms with Crippen LogP contribution in [0.5, 0.6) is 0 Å². The third kappa shape index (κ3) is 2.35. The minimum atomic E-state index is -0.197. The molecule has 1 saturated heterocycles. The monoisotopic (exact) mass is 327 g/mol. The number of aromatic nitrogens is 4. The van der Waals surface area contributed by atoms with Crippen LogP contribution in [0, 0.1) is 13.8 Å². The average Bonchev–Trinajstić information content (AvgIpc) is 3.24. The van der Waals surface area contributed by atoms with Crippen LogP contribution in [0.2, 0.25) is 0 Å². The summed E-state index contributed by atoms with van der Waals surface area (Å²) in [6, 6.07) is 3.45. The van der Waals surface area contributed by atoms with Gasteiger partial charge >= 0.3 is 0 Å². The lowest BCUT2D eigenvalue weighted by atomic mass is 10.1. The van der Waals surface area contributed by atoms with Crippen molar-refractivity contribution in [2.24, 2.45) is 0 Å².